The Bertz CT molecular complexity index is 840. The smallest absolute Gasteiger partial charge is 0.330 e. The quantitative estimate of drug-likeness (QED) is 0.610. The Balaban J connectivity index is 1.62. The summed E-state index contributed by atoms with van der Waals surface area (Å²) in [5, 5.41) is 3.20. The lowest BCUT2D eigenvalue weighted by molar-refractivity contribution is -0.0937. The lowest BCUT2D eigenvalue weighted by atomic mass is 10.2. The molecule has 1 aromatic rings. The van der Waals surface area contributed by atoms with E-state index in [1.807, 2.05) is 4.67 Å². The van der Waals surface area contributed by atoms with E-state index in [-0.39, 0.29) is 18.8 Å². The molecule has 0 spiro atoms. The molecule has 2 aliphatic heterocycles. The average Bonchev–Trinajstić information content (AvgIpc) is 3.13. The normalized spacial score (nSPS) is 28.3. The van der Waals surface area contributed by atoms with Gasteiger partial charge < -0.3 is 19.3 Å². The molecule has 2 fully saturated rings. The minimum atomic E-state index is -2.98. The fraction of sp³-hybridized carbons (Fsp3) is 0.765. The van der Waals surface area contributed by atoms with Gasteiger partial charge in [-0.3, -0.25) is 18.9 Å². The lowest BCUT2D eigenvalue weighted by Gasteiger charge is -2.34. The first kappa shape index (κ1) is 21.4. The maximum atomic E-state index is 13.1. The van der Waals surface area contributed by atoms with Crippen molar-refractivity contribution in [3.8, 4) is 0 Å². The van der Waals surface area contributed by atoms with Crippen molar-refractivity contribution < 1.29 is 18.6 Å². The third kappa shape index (κ3) is 4.82. The Morgan fingerprint density at radius 3 is 2.86 bits per heavy atom. The Morgan fingerprint density at radius 2 is 2.11 bits per heavy atom. The van der Waals surface area contributed by atoms with Gasteiger partial charge in [0.15, 0.2) is 6.23 Å². The third-order valence-electron chi connectivity index (χ3n) is 5.17. The number of hydrogen-bond acceptors (Lipinski definition) is 7. The van der Waals surface area contributed by atoms with Gasteiger partial charge in [0.05, 0.1) is 19.3 Å². The molecule has 0 aromatic carbocycles. The van der Waals surface area contributed by atoms with Crippen LogP contribution in [0.4, 0.5) is 0 Å². The Kier molecular flexibility index (Phi) is 6.90. The van der Waals surface area contributed by atoms with E-state index in [1.165, 1.54) is 10.8 Å². The average molecular weight is 416 g/mol. The molecule has 3 heterocycles. The molecule has 0 amide bonds. The molecule has 2 unspecified atom stereocenters. The van der Waals surface area contributed by atoms with Crippen LogP contribution in [0.25, 0.3) is 0 Å². The van der Waals surface area contributed by atoms with Crippen molar-refractivity contribution in [1.29, 1.82) is 0 Å². The summed E-state index contributed by atoms with van der Waals surface area (Å²) < 4.78 is 33.4. The van der Waals surface area contributed by atoms with E-state index in [2.05, 4.69) is 10.3 Å². The second-order valence-corrected chi connectivity index (χ2v) is 9.74. The second kappa shape index (κ2) is 9.02. The zero-order valence-electron chi connectivity index (χ0n) is 16.6. The number of rotatable bonds is 7. The van der Waals surface area contributed by atoms with Gasteiger partial charge in [0.1, 0.15) is 0 Å². The molecule has 3 rings (SSSR count). The van der Waals surface area contributed by atoms with Gasteiger partial charge >= 0.3 is 5.69 Å². The highest BCUT2D eigenvalue weighted by Gasteiger charge is 2.37. The van der Waals surface area contributed by atoms with E-state index in [1.54, 1.807) is 20.7 Å². The summed E-state index contributed by atoms with van der Waals surface area (Å²) in [4.78, 5) is 25.9. The first-order chi connectivity index (χ1) is 13.3. The molecule has 2 aliphatic rings. The van der Waals surface area contributed by atoms with Crippen LogP contribution in [0.3, 0.4) is 0 Å². The van der Waals surface area contributed by atoms with Crippen LogP contribution in [0, 0.1) is 6.92 Å². The van der Waals surface area contributed by atoms with Gasteiger partial charge in [-0.05, 0) is 19.8 Å². The van der Waals surface area contributed by atoms with Crippen LogP contribution in [0.1, 0.15) is 24.6 Å². The van der Waals surface area contributed by atoms with Gasteiger partial charge in [-0.15, -0.1) is 0 Å². The molecular weight excluding hydrogens is 387 g/mol. The van der Waals surface area contributed by atoms with Crippen molar-refractivity contribution in [3.05, 3.63) is 32.6 Å². The summed E-state index contributed by atoms with van der Waals surface area (Å²) in [7, 11) is -1.34. The van der Waals surface area contributed by atoms with Crippen molar-refractivity contribution in [2.45, 2.75) is 38.1 Å². The van der Waals surface area contributed by atoms with Crippen molar-refractivity contribution in [3.63, 3.8) is 0 Å². The Hall–Kier alpha value is -1.29. The summed E-state index contributed by atoms with van der Waals surface area (Å²) in [5.74, 6) is 0. The minimum Gasteiger partial charge on any atom is -0.383 e. The molecule has 2 N–H and O–H groups in total. The van der Waals surface area contributed by atoms with E-state index in [4.69, 9.17) is 14.0 Å². The molecule has 0 aliphatic carbocycles. The van der Waals surface area contributed by atoms with E-state index >= 15 is 0 Å². The summed E-state index contributed by atoms with van der Waals surface area (Å²) >= 11 is 0. The third-order valence-corrected chi connectivity index (χ3v) is 7.26. The van der Waals surface area contributed by atoms with E-state index < -0.39 is 25.0 Å². The maximum Gasteiger partial charge on any atom is 0.330 e. The monoisotopic (exact) mass is 416 g/mol. The molecule has 0 radical (unpaired) electrons. The van der Waals surface area contributed by atoms with Gasteiger partial charge in [-0.1, -0.05) is 0 Å². The summed E-state index contributed by atoms with van der Waals surface area (Å²) in [6.07, 6.45) is 2.45. The minimum absolute atomic E-state index is 0.0988. The number of aromatic amines is 1. The highest BCUT2D eigenvalue weighted by Crippen LogP contribution is 2.51. The number of hydrogen-bond donors (Lipinski definition) is 2. The zero-order chi connectivity index (χ0) is 20.3. The molecule has 0 bridgehead atoms. The van der Waals surface area contributed by atoms with Gasteiger partial charge in [0.2, 0.25) is 0 Å². The van der Waals surface area contributed by atoms with Crippen LogP contribution in [-0.4, -0.2) is 73.0 Å². The molecule has 158 valence electrons. The standard InChI is InChI=1S/C17H29N4O6P/c1-12-9-20(17(23)19-16(12)22)15-8-18-7-14(27-15)11-26-28(3,24)21-6-4-5-13(21)10-25-2/h9,13-15,18H,4-8,10-11H2,1-3H3,(H,19,22,23)/t13-,14-,15?,28?/m0/s1. The van der Waals surface area contributed by atoms with Gasteiger partial charge in [0, 0.05) is 51.2 Å². The molecule has 2 saturated heterocycles. The first-order valence-corrected chi connectivity index (χ1v) is 11.5. The van der Waals surface area contributed by atoms with Gasteiger partial charge in [-0.25, -0.2) is 9.46 Å². The summed E-state index contributed by atoms with van der Waals surface area (Å²) in [6, 6.07) is 0.0988. The van der Waals surface area contributed by atoms with E-state index in [0.29, 0.717) is 25.3 Å². The van der Waals surface area contributed by atoms with Gasteiger partial charge in [-0.2, -0.15) is 0 Å². The molecule has 28 heavy (non-hydrogen) atoms. The SMILES string of the molecule is COC[C@@H]1CCCN1P(C)(=O)OC[C@@H]1CNCC(n2cc(C)c(=O)[nH]c2=O)O1. The van der Waals surface area contributed by atoms with Crippen molar-refractivity contribution in [2.75, 3.05) is 46.6 Å². The fourth-order valence-electron chi connectivity index (χ4n) is 3.70. The van der Waals surface area contributed by atoms with Crippen molar-refractivity contribution >= 4 is 7.52 Å². The predicted octanol–water partition coefficient (Wildman–Crippen LogP) is 0.282. The van der Waals surface area contributed by atoms with Crippen LogP contribution in [0.2, 0.25) is 0 Å². The maximum absolute atomic E-state index is 13.1. The lowest BCUT2D eigenvalue weighted by Crippen LogP contribution is -2.48. The van der Waals surface area contributed by atoms with Gasteiger partial charge in [0.25, 0.3) is 13.1 Å². The predicted molar refractivity (Wildman–Crippen MR) is 104 cm³/mol. The van der Waals surface area contributed by atoms with E-state index in [0.717, 1.165) is 19.4 Å². The Labute approximate surface area is 163 Å². The number of nitrogens with zero attached hydrogens (tertiary/aromatic N) is 2. The summed E-state index contributed by atoms with van der Waals surface area (Å²) in [6.45, 7) is 5.60. The Morgan fingerprint density at radius 1 is 1.32 bits per heavy atom. The molecule has 4 atom stereocenters. The van der Waals surface area contributed by atoms with Crippen molar-refractivity contribution in [1.82, 2.24) is 19.5 Å². The van der Waals surface area contributed by atoms with Crippen LogP contribution >= 0.6 is 7.52 Å². The highest BCUT2D eigenvalue weighted by atomic mass is 31.2. The largest absolute Gasteiger partial charge is 0.383 e. The van der Waals surface area contributed by atoms with Crippen LogP contribution < -0.4 is 16.6 Å². The number of aryl methyl sites for hydroxylation is 1. The van der Waals surface area contributed by atoms with Crippen LogP contribution in [0.15, 0.2) is 15.8 Å². The zero-order valence-corrected chi connectivity index (χ0v) is 17.4. The summed E-state index contributed by atoms with van der Waals surface area (Å²) in [5.41, 5.74) is -0.504. The number of ether oxygens (including phenoxy) is 2. The fourth-order valence-corrected chi connectivity index (χ4v) is 5.58. The number of H-pyrrole nitrogens is 1. The molecule has 11 heteroatoms. The number of nitrogens with one attached hydrogen (secondary N) is 2. The highest BCUT2D eigenvalue weighted by molar-refractivity contribution is 7.55. The first-order valence-electron chi connectivity index (χ1n) is 9.48. The number of methoxy groups -OCH3 is 1. The number of morpholine rings is 1. The molecule has 0 saturated carbocycles. The topological polar surface area (TPSA) is 115 Å². The molecule has 1 aromatic heterocycles. The van der Waals surface area contributed by atoms with Crippen LogP contribution in [-0.2, 0) is 18.6 Å². The number of aromatic nitrogens is 2. The van der Waals surface area contributed by atoms with E-state index in [9.17, 15) is 14.2 Å². The molecule has 10 nitrogen and oxygen atoms in total. The molecular formula is C17H29N4O6P. The van der Waals surface area contributed by atoms with Crippen LogP contribution in [0.5, 0.6) is 0 Å². The second-order valence-electron chi connectivity index (χ2n) is 7.36. The van der Waals surface area contributed by atoms with Crippen molar-refractivity contribution in [2.24, 2.45) is 0 Å².